The summed E-state index contributed by atoms with van der Waals surface area (Å²) in [7, 11) is 1.55. The van der Waals surface area contributed by atoms with Gasteiger partial charge >= 0.3 is 0 Å². The molecule has 6 heteroatoms. The first-order chi connectivity index (χ1) is 5.11. The standard InChI is InChI=1S/C5H12N4OS/c1-3(4(10)7-2)8-5(11)9-6/h3H,6H2,1-2H3,(H,7,10)(H2,8,9,11). The van der Waals surface area contributed by atoms with Gasteiger partial charge in [-0.3, -0.25) is 4.79 Å². The van der Waals surface area contributed by atoms with Crippen molar-refractivity contribution in [3.05, 3.63) is 0 Å². The lowest BCUT2D eigenvalue weighted by Crippen LogP contribution is -2.49. The molecule has 0 aromatic carbocycles. The van der Waals surface area contributed by atoms with Gasteiger partial charge in [0.2, 0.25) is 5.91 Å². The van der Waals surface area contributed by atoms with Crippen LogP contribution in [-0.4, -0.2) is 24.1 Å². The van der Waals surface area contributed by atoms with Crippen molar-refractivity contribution in [1.82, 2.24) is 16.1 Å². The van der Waals surface area contributed by atoms with Crippen molar-refractivity contribution >= 4 is 23.2 Å². The number of hydrogen-bond donors (Lipinski definition) is 4. The molecule has 0 rings (SSSR count). The van der Waals surface area contributed by atoms with Gasteiger partial charge in [-0.05, 0) is 19.1 Å². The lowest BCUT2D eigenvalue weighted by atomic mass is 10.3. The highest BCUT2D eigenvalue weighted by molar-refractivity contribution is 7.80. The highest BCUT2D eigenvalue weighted by atomic mass is 32.1. The van der Waals surface area contributed by atoms with E-state index in [0.717, 1.165) is 0 Å². The van der Waals surface area contributed by atoms with Crippen molar-refractivity contribution in [3.63, 3.8) is 0 Å². The van der Waals surface area contributed by atoms with Crippen LogP contribution in [0.2, 0.25) is 0 Å². The van der Waals surface area contributed by atoms with Crippen LogP contribution >= 0.6 is 12.2 Å². The Morgan fingerprint density at radius 1 is 1.64 bits per heavy atom. The quantitative estimate of drug-likeness (QED) is 0.233. The molecule has 0 saturated carbocycles. The number of amides is 1. The molecule has 1 atom stereocenters. The van der Waals surface area contributed by atoms with Crippen LogP contribution in [0.1, 0.15) is 6.92 Å². The van der Waals surface area contributed by atoms with E-state index in [1.165, 1.54) is 0 Å². The molecule has 11 heavy (non-hydrogen) atoms. The zero-order chi connectivity index (χ0) is 8.85. The minimum absolute atomic E-state index is 0.136. The third-order valence-electron chi connectivity index (χ3n) is 1.12. The fourth-order valence-electron chi connectivity index (χ4n) is 0.520. The fraction of sp³-hybridized carbons (Fsp3) is 0.600. The smallest absolute Gasteiger partial charge is 0.242 e. The normalized spacial score (nSPS) is 11.5. The average molecular weight is 176 g/mol. The molecule has 0 aliphatic heterocycles. The second-order valence-electron chi connectivity index (χ2n) is 1.95. The summed E-state index contributed by atoms with van der Waals surface area (Å²) < 4.78 is 0. The Kier molecular flexibility index (Phi) is 4.47. The first-order valence-electron chi connectivity index (χ1n) is 3.10. The zero-order valence-electron chi connectivity index (χ0n) is 6.47. The van der Waals surface area contributed by atoms with E-state index in [0.29, 0.717) is 0 Å². The molecule has 64 valence electrons. The van der Waals surface area contributed by atoms with Crippen molar-refractivity contribution < 1.29 is 4.79 Å². The molecule has 0 aliphatic carbocycles. The number of carbonyl (C=O) groups excluding carboxylic acids is 1. The van der Waals surface area contributed by atoms with E-state index >= 15 is 0 Å². The molecular weight excluding hydrogens is 164 g/mol. The van der Waals surface area contributed by atoms with Crippen LogP contribution in [0, 0.1) is 0 Å². The number of nitrogens with one attached hydrogen (secondary N) is 3. The van der Waals surface area contributed by atoms with Gasteiger partial charge in [-0.15, -0.1) is 0 Å². The molecule has 0 bridgehead atoms. The van der Waals surface area contributed by atoms with E-state index < -0.39 is 0 Å². The average Bonchev–Trinajstić information content (AvgIpc) is 2.02. The predicted molar refractivity (Wildman–Crippen MR) is 46.6 cm³/mol. The van der Waals surface area contributed by atoms with Crippen LogP contribution < -0.4 is 21.9 Å². The summed E-state index contributed by atoms with van der Waals surface area (Å²) in [6.45, 7) is 1.68. The maximum absolute atomic E-state index is 10.9. The summed E-state index contributed by atoms with van der Waals surface area (Å²) >= 11 is 4.67. The largest absolute Gasteiger partial charge is 0.357 e. The lowest BCUT2D eigenvalue weighted by Gasteiger charge is -2.12. The maximum atomic E-state index is 10.9. The highest BCUT2D eigenvalue weighted by Crippen LogP contribution is 1.79. The Labute approximate surface area is 70.7 Å². The summed E-state index contributed by atoms with van der Waals surface area (Å²) in [6.07, 6.45) is 0. The Morgan fingerprint density at radius 3 is 2.55 bits per heavy atom. The summed E-state index contributed by atoms with van der Waals surface area (Å²) in [5, 5.41) is 5.38. The summed E-state index contributed by atoms with van der Waals surface area (Å²) in [5.41, 5.74) is 2.22. The molecule has 5 N–H and O–H groups in total. The molecule has 1 amide bonds. The molecule has 0 heterocycles. The number of rotatable bonds is 2. The molecule has 0 fully saturated rings. The fourth-order valence-corrected chi connectivity index (χ4v) is 0.697. The van der Waals surface area contributed by atoms with Crippen LogP contribution in [0.15, 0.2) is 0 Å². The number of hydrogen-bond acceptors (Lipinski definition) is 3. The maximum Gasteiger partial charge on any atom is 0.242 e. The minimum atomic E-state index is -0.372. The molecule has 0 radical (unpaired) electrons. The van der Waals surface area contributed by atoms with Crippen molar-refractivity contribution in [1.29, 1.82) is 0 Å². The SMILES string of the molecule is CNC(=O)C(C)NC(=S)NN. The summed E-state index contributed by atoms with van der Waals surface area (Å²) in [6, 6.07) is -0.372. The molecule has 0 aliphatic rings. The molecule has 0 saturated heterocycles. The van der Waals surface area contributed by atoms with E-state index in [2.05, 4.69) is 28.3 Å². The molecule has 0 spiro atoms. The van der Waals surface area contributed by atoms with Gasteiger partial charge < -0.3 is 16.1 Å². The van der Waals surface area contributed by atoms with Crippen LogP contribution in [0.25, 0.3) is 0 Å². The Bertz CT molecular complexity index is 161. The predicted octanol–water partition coefficient (Wildman–Crippen LogP) is -1.54. The van der Waals surface area contributed by atoms with Gasteiger partial charge in [0.05, 0.1) is 0 Å². The number of carbonyl (C=O) groups is 1. The van der Waals surface area contributed by atoms with Crippen molar-refractivity contribution in [2.45, 2.75) is 13.0 Å². The Morgan fingerprint density at radius 2 is 2.18 bits per heavy atom. The van der Waals surface area contributed by atoms with Gasteiger partial charge in [0.15, 0.2) is 5.11 Å². The number of nitrogens with two attached hydrogens (primary N) is 1. The van der Waals surface area contributed by atoms with Gasteiger partial charge in [0, 0.05) is 7.05 Å². The molecular formula is C5H12N4OS. The first-order valence-corrected chi connectivity index (χ1v) is 3.51. The molecule has 1 unspecified atom stereocenters. The highest BCUT2D eigenvalue weighted by Gasteiger charge is 2.10. The van der Waals surface area contributed by atoms with E-state index in [1.807, 2.05) is 0 Å². The molecule has 0 aromatic heterocycles. The van der Waals surface area contributed by atoms with E-state index in [4.69, 9.17) is 5.84 Å². The second kappa shape index (κ2) is 4.86. The monoisotopic (exact) mass is 176 g/mol. The van der Waals surface area contributed by atoms with Gasteiger partial charge in [-0.2, -0.15) is 0 Å². The van der Waals surface area contributed by atoms with Crippen LogP contribution in [0.3, 0.4) is 0 Å². The third kappa shape index (κ3) is 3.74. The van der Waals surface area contributed by atoms with Crippen LogP contribution in [0.4, 0.5) is 0 Å². The second-order valence-corrected chi connectivity index (χ2v) is 2.36. The molecule has 5 nitrogen and oxygen atoms in total. The summed E-state index contributed by atoms with van der Waals surface area (Å²) in [4.78, 5) is 10.9. The van der Waals surface area contributed by atoms with Crippen molar-refractivity contribution in [2.24, 2.45) is 5.84 Å². The lowest BCUT2D eigenvalue weighted by molar-refractivity contribution is -0.121. The van der Waals surface area contributed by atoms with Gasteiger partial charge in [-0.1, -0.05) is 0 Å². The van der Waals surface area contributed by atoms with Crippen molar-refractivity contribution in [3.8, 4) is 0 Å². The van der Waals surface area contributed by atoms with E-state index in [1.54, 1.807) is 14.0 Å². The van der Waals surface area contributed by atoms with E-state index in [-0.39, 0.29) is 17.1 Å². The van der Waals surface area contributed by atoms with Crippen molar-refractivity contribution in [2.75, 3.05) is 7.05 Å². The minimum Gasteiger partial charge on any atom is -0.357 e. The Hall–Kier alpha value is -0.880. The Balaban J connectivity index is 3.77. The number of likely N-dealkylation sites (N-methyl/N-ethyl adjacent to an activating group) is 1. The topological polar surface area (TPSA) is 79.2 Å². The summed E-state index contributed by atoms with van der Waals surface area (Å²) in [5.74, 6) is 4.84. The van der Waals surface area contributed by atoms with Gasteiger partial charge in [0.25, 0.3) is 0 Å². The van der Waals surface area contributed by atoms with Crippen LogP contribution in [0.5, 0.6) is 0 Å². The molecule has 0 aromatic rings. The third-order valence-corrected chi connectivity index (χ3v) is 1.35. The van der Waals surface area contributed by atoms with Gasteiger partial charge in [0.1, 0.15) is 6.04 Å². The number of thiocarbonyl (C=S) groups is 1. The number of hydrazine groups is 1. The first kappa shape index (κ1) is 10.1. The zero-order valence-corrected chi connectivity index (χ0v) is 7.29. The van der Waals surface area contributed by atoms with Crippen LogP contribution in [-0.2, 0) is 4.79 Å². The van der Waals surface area contributed by atoms with E-state index in [9.17, 15) is 4.79 Å². The van der Waals surface area contributed by atoms with Gasteiger partial charge in [-0.25, -0.2) is 5.84 Å².